The molecule has 0 saturated carbocycles. The van der Waals surface area contributed by atoms with Crippen molar-refractivity contribution in [1.29, 1.82) is 0 Å². The summed E-state index contributed by atoms with van der Waals surface area (Å²) in [5.74, 6) is 0.0364. The largest absolute Gasteiger partial charge is 0.339 e. The van der Waals surface area contributed by atoms with Crippen molar-refractivity contribution >= 4 is 29.1 Å². The van der Waals surface area contributed by atoms with Crippen LogP contribution in [0, 0.1) is 13.8 Å². The minimum Gasteiger partial charge on any atom is -0.339 e. The lowest BCUT2D eigenvalue weighted by molar-refractivity contribution is -0.131. The molecular weight excluding hydrogens is 393 g/mol. The fourth-order valence-corrected chi connectivity index (χ4v) is 3.57. The van der Waals surface area contributed by atoms with Gasteiger partial charge in [-0.25, -0.2) is 4.68 Å². The Morgan fingerprint density at radius 3 is 2.43 bits per heavy atom. The van der Waals surface area contributed by atoms with Crippen LogP contribution in [0.25, 0.3) is 5.69 Å². The van der Waals surface area contributed by atoms with E-state index in [2.05, 4.69) is 5.10 Å². The molecule has 0 aliphatic heterocycles. The van der Waals surface area contributed by atoms with Gasteiger partial charge in [-0.15, -0.1) is 0 Å². The lowest BCUT2D eigenvalue weighted by Crippen LogP contribution is -2.31. The van der Waals surface area contributed by atoms with Crippen molar-refractivity contribution in [3.05, 3.63) is 81.1 Å². The molecule has 1 aromatic heterocycles. The highest BCUT2D eigenvalue weighted by atomic mass is 35.5. The first-order valence-electron chi connectivity index (χ1n) is 9.10. The van der Waals surface area contributed by atoms with Crippen molar-refractivity contribution < 1.29 is 4.79 Å². The SMILES string of the molecule is Cc1nn(-c2ccc(Cl)cc2)c(C)c1CC(=O)N(C)C(C)c1cccc(Cl)c1. The third kappa shape index (κ3) is 4.23. The Labute approximate surface area is 175 Å². The third-order valence-corrected chi connectivity index (χ3v) is 5.63. The zero-order chi connectivity index (χ0) is 20.4. The summed E-state index contributed by atoms with van der Waals surface area (Å²) in [7, 11) is 1.82. The van der Waals surface area contributed by atoms with Gasteiger partial charge in [0.05, 0.1) is 23.8 Å². The number of hydrogen-bond donors (Lipinski definition) is 0. The summed E-state index contributed by atoms with van der Waals surface area (Å²) in [5.41, 5.74) is 4.68. The number of halogens is 2. The molecule has 0 spiro atoms. The molecule has 0 aliphatic rings. The number of aromatic nitrogens is 2. The number of benzene rings is 2. The summed E-state index contributed by atoms with van der Waals surface area (Å²) in [4.78, 5) is 14.7. The predicted octanol–water partition coefficient (Wildman–Crippen LogP) is 5.56. The molecule has 1 heterocycles. The van der Waals surface area contributed by atoms with Crippen molar-refractivity contribution in [1.82, 2.24) is 14.7 Å². The molecule has 4 nitrogen and oxygen atoms in total. The van der Waals surface area contributed by atoms with Crippen molar-refractivity contribution in [2.45, 2.75) is 33.2 Å². The van der Waals surface area contributed by atoms with E-state index in [4.69, 9.17) is 23.2 Å². The molecule has 0 bridgehead atoms. The van der Waals surface area contributed by atoms with Gasteiger partial charge in [-0.05, 0) is 62.7 Å². The smallest absolute Gasteiger partial charge is 0.227 e. The number of hydrogen-bond acceptors (Lipinski definition) is 2. The van der Waals surface area contributed by atoms with Gasteiger partial charge in [0.25, 0.3) is 0 Å². The first-order valence-corrected chi connectivity index (χ1v) is 9.85. The zero-order valence-corrected chi connectivity index (χ0v) is 17.9. The van der Waals surface area contributed by atoms with E-state index in [-0.39, 0.29) is 11.9 Å². The molecule has 1 amide bonds. The lowest BCUT2D eigenvalue weighted by atomic mass is 10.1. The van der Waals surface area contributed by atoms with Crippen LogP contribution in [0.4, 0.5) is 0 Å². The third-order valence-electron chi connectivity index (χ3n) is 5.15. The Kier molecular flexibility index (Phi) is 6.11. The number of rotatable bonds is 5. The molecule has 0 aliphatic carbocycles. The molecule has 3 rings (SSSR count). The second kappa shape index (κ2) is 8.38. The molecule has 0 radical (unpaired) electrons. The number of likely N-dealkylation sites (N-methyl/N-ethyl adjacent to an activating group) is 1. The van der Waals surface area contributed by atoms with Crippen LogP contribution in [0.3, 0.4) is 0 Å². The zero-order valence-electron chi connectivity index (χ0n) is 16.4. The second-order valence-electron chi connectivity index (χ2n) is 6.95. The monoisotopic (exact) mass is 415 g/mol. The molecule has 146 valence electrons. The molecular formula is C22H23Cl2N3O. The van der Waals surface area contributed by atoms with E-state index < -0.39 is 0 Å². The first-order chi connectivity index (χ1) is 13.3. The average molecular weight is 416 g/mol. The molecule has 0 fully saturated rings. The van der Waals surface area contributed by atoms with Gasteiger partial charge in [-0.1, -0.05) is 35.3 Å². The lowest BCUT2D eigenvalue weighted by Gasteiger charge is -2.25. The maximum atomic E-state index is 12.9. The minimum atomic E-state index is -0.0712. The normalized spacial score (nSPS) is 12.1. The average Bonchev–Trinajstić information content (AvgIpc) is 2.95. The fourth-order valence-electron chi connectivity index (χ4n) is 3.25. The topological polar surface area (TPSA) is 38.1 Å². The highest BCUT2D eigenvalue weighted by molar-refractivity contribution is 6.30. The fraction of sp³-hybridized carbons (Fsp3) is 0.273. The summed E-state index contributed by atoms with van der Waals surface area (Å²) in [6.45, 7) is 5.92. The van der Waals surface area contributed by atoms with Gasteiger partial charge in [0.15, 0.2) is 0 Å². The van der Waals surface area contributed by atoms with Crippen LogP contribution in [0.5, 0.6) is 0 Å². The van der Waals surface area contributed by atoms with E-state index in [1.54, 1.807) is 4.90 Å². The summed E-state index contributed by atoms with van der Waals surface area (Å²) < 4.78 is 1.86. The van der Waals surface area contributed by atoms with Crippen molar-refractivity contribution in [3.8, 4) is 5.69 Å². The molecule has 1 atom stereocenters. The molecule has 0 saturated heterocycles. The minimum absolute atomic E-state index is 0.0364. The molecule has 0 N–H and O–H groups in total. The van der Waals surface area contributed by atoms with Gasteiger partial charge in [-0.3, -0.25) is 4.79 Å². The highest BCUT2D eigenvalue weighted by Crippen LogP contribution is 2.24. The van der Waals surface area contributed by atoms with Gasteiger partial charge < -0.3 is 4.90 Å². The van der Waals surface area contributed by atoms with E-state index in [1.807, 2.05) is 81.0 Å². The summed E-state index contributed by atoms with van der Waals surface area (Å²) in [6, 6.07) is 15.0. The van der Waals surface area contributed by atoms with Crippen LogP contribution in [-0.4, -0.2) is 27.6 Å². The standard InChI is InChI=1S/C22H23Cl2N3O/c1-14-21(16(3)27(25-14)20-10-8-18(23)9-11-20)13-22(28)26(4)15(2)17-6-5-7-19(24)12-17/h5-12,15H,13H2,1-4H3. The van der Waals surface area contributed by atoms with Crippen molar-refractivity contribution in [3.63, 3.8) is 0 Å². The molecule has 2 aromatic carbocycles. The summed E-state index contributed by atoms with van der Waals surface area (Å²) >= 11 is 12.1. The molecule has 6 heteroatoms. The first kappa shape index (κ1) is 20.4. The van der Waals surface area contributed by atoms with Gasteiger partial charge in [-0.2, -0.15) is 5.10 Å². The van der Waals surface area contributed by atoms with E-state index >= 15 is 0 Å². The van der Waals surface area contributed by atoms with E-state index in [0.717, 1.165) is 28.2 Å². The van der Waals surface area contributed by atoms with Gasteiger partial charge in [0.1, 0.15) is 0 Å². The maximum absolute atomic E-state index is 12.9. The van der Waals surface area contributed by atoms with Crippen LogP contribution in [0.15, 0.2) is 48.5 Å². The van der Waals surface area contributed by atoms with Crippen LogP contribution in [0.2, 0.25) is 10.0 Å². The number of carbonyl (C=O) groups is 1. The Hall–Kier alpha value is -2.30. The quantitative estimate of drug-likeness (QED) is 0.546. The second-order valence-corrected chi connectivity index (χ2v) is 7.82. The van der Waals surface area contributed by atoms with E-state index in [9.17, 15) is 4.79 Å². The highest BCUT2D eigenvalue weighted by Gasteiger charge is 2.22. The Morgan fingerprint density at radius 1 is 1.11 bits per heavy atom. The van der Waals surface area contributed by atoms with Crippen LogP contribution in [-0.2, 0) is 11.2 Å². The van der Waals surface area contributed by atoms with Crippen molar-refractivity contribution in [2.75, 3.05) is 7.05 Å². The summed E-state index contributed by atoms with van der Waals surface area (Å²) in [6.07, 6.45) is 0.298. The Bertz CT molecular complexity index is 996. The van der Waals surface area contributed by atoms with Crippen LogP contribution >= 0.6 is 23.2 Å². The Balaban J connectivity index is 1.81. The summed E-state index contributed by atoms with van der Waals surface area (Å²) in [5, 5.41) is 5.97. The number of nitrogens with zero attached hydrogens (tertiary/aromatic N) is 3. The van der Waals surface area contributed by atoms with Gasteiger partial charge >= 0.3 is 0 Å². The molecule has 28 heavy (non-hydrogen) atoms. The predicted molar refractivity (Wildman–Crippen MR) is 114 cm³/mol. The number of carbonyl (C=O) groups excluding carboxylic acids is 1. The van der Waals surface area contributed by atoms with Gasteiger partial charge in [0, 0.05) is 28.4 Å². The van der Waals surface area contributed by atoms with E-state index in [0.29, 0.717) is 16.5 Å². The van der Waals surface area contributed by atoms with Crippen LogP contribution in [0.1, 0.15) is 35.5 Å². The molecule has 1 unspecified atom stereocenters. The van der Waals surface area contributed by atoms with Crippen molar-refractivity contribution in [2.24, 2.45) is 0 Å². The Morgan fingerprint density at radius 2 is 1.79 bits per heavy atom. The van der Waals surface area contributed by atoms with Gasteiger partial charge in [0.2, 0.25) is 5.91 Å². The molecule has 3 aromatic rings. The maximum Gasteiger partial charge on any atom is 0.227 e. The number of aryl methyl sites for hydroxylation is 1. The van der Waals surface area contributed by atoms with Crippen LogP contribution < -0.4 is 0 Å². The number of amides is 1. The van der Waals surface area contributed by atoms with E-state index in [1.165, 1.54) is 0 Å².